The van der Waals surface area contributed by atoms with E-state index in [-0.39, 0.29) is 16.5 Å². The minimum atomic E-state index is -3.71. The molecule has 0 spiro atoms. The summed E-state index contributed by atoms with van der Waals surface area (Å²) in [4.78, 5) is 11.1. The molecule has 2 rings (SSSR count). The second kappa shape index (κ2) is 6.05. The molecule has 20 heavy (non-hydrogen) atoms. The lowest BCUT2D eigenvalue weighted by molar-refractivity contribution is 0.0696. The Bertz CT molecular complexity index is 639. The van der Waals surface area contributed by atoms with Crippen molar-refractivity contribution in [3.63, 3.8) is 0 Å². The van der Waals surface area contributed by atoms with E-state index in [9.17, 15) is 13.2 Å². The smallest absolute Gasteiger partial charge is 0.335 e. The van der Waals surface area contributed by atoms with E-state index in [4.69, 9.17) is 5.11 Å². The molecule has 1 atom stereocenters. The lowest BCUT2D eigenvalue weighted by Crippen LogP contribution is -2.35. The summed E-state index contributed by atoms with van der Waals surface area (Å²) < 4.78 is 27.9. The van der Waals surface area contributed by atoms with Crippen molar-refractivity contribution in [2.24, 2.45) is 0 Å². The fourth-order valence-electron chi connectivity index (χ4n) is 1.97. The Labute approximate surface area is 130 Å². The molecule has 1 aromatic rings. The largest absolute Gasteiger partial charge is 0.478 e. The first-order valence-corrected chi connectivity index (χ1v) is 9.38. The highest BCUT2D eigenvalue weighted by atomic mass is 79.9. The van der Waals surface area contributed by atoms with Crippen molar-refractivity contribution in [1.82, 2.24) is 4.72 Å². The zero-order chi connectivity index (χ0) is 14.9. The summed E-state index contributed by atoms with van der Waals surface area (Å²) in [5.74, 6) is 0.530. The number of carbonyl (C=O) groups is 1. The van der Waals surface area contributed by atoms with E-state index >= 15 is 0 Å². The van der Waals surface area contributed by atoms with Crippen LogP contribution in [0.4, 0.5) is 0 Å². The van der Waals surface area contributed by atoms with Crippen LogP contribution in [0.2, 0.25) is 0 Å². The highest BCUT2D eigenvalue weighted by Gasteiger charge is 2.26. The van der Waals surface area contributed by atoms with E-state index in [0.29, 0.717) is 10.0 Å². The van der Waals surface area contributed by atoms with Crippen LogP contribution >= 0.6 is 27.7 Å². The number of sulfonamides is 1. The second-order valence-corrected chi connectivity index (χ2v) is 8.25. The van der Waals surface area contributed by atoms with Crippen LogP contribution in [0.5, 0.6) is 0 Å². The molecule has 1 aliphatic rings. The SMILES string of the molecule is Cc1c(Br)cc(C(=O)O)cc1S(=O)(=O)NC1CCSC1. The minimum absolute atomic E-state index is 0.0150. The molecule has 110 valence electrons. The van der Waals surface area contributed by atoms with Gasteiger partial charge in [-0.15, -0.1) is 0 Å². The van der Waals surface area contributed by atoms with Crippen molar-refractivity contribution in [1.29, 1.82) is 0 Å². The van der Waals surface area contributed by atoms with Gasteiger partial charge in [0.15, 0.2) is 0 Å². The van der Waals surface area contributed by atoms with E-state index < -0.39 is 16.0 Å². The molecule has 0 aliphatic carbocycles. The lowest BCUT2D eigenvalue weighted by atomic mass is 10.1. The molecule has 0 aromatic heterocycles. The van der Waals surface area contributed by atoms with E-state index in [1.807, 2.05) is 0 Å². The average Bonchev–Trinajstić information content (AvgIpc) is 2.83. The Morgan fingerprint density at radius 2 is 2.20 bits per heavy atom. The number of carboxylic acid groups (broad SMARTS) is 1. The second-order valence-electron chi connectivity index (χ2n) is 4.57. The first-order valence-electron chi connectivity index (χ1n) is 5.95. The minimum Gasteiger partial charge on any atom is -0.478 e. The van der Waals surface area contributed by atoms with Gasteiger partial charge in [0.2, 0.25) is 10.0 Å². The summed E-state index contributed by atoms with van der Waals surface area (Å²) in [6.07, 6.45) is 0.794. The summed E-state index contributed by atoms with van der Waals surface area (Å²) in [6, 6.07) is 2.52. The van der Waals surface area contributed by atoms with Gasteiger partial charge in [0.1, 0.15) is 0 Å². The quantitative estimate of drug-likeness (QED) is 0.837. The highest BCUT2D eigenvalue weighted by molar-refractivity contribution is 9.10. The summed E-state index contributed by atoms with van der Waals surface area (Å²) in [6.45, 7) is 1.65. The first-order chi connectivity index (χ1) is 9.31. The molecule has 0 bridgehead atoms. The summed E-state index contributed by atoms with van der Waals surface area (Å²) in [5.41, 5.74) is 0.455. The number of nitrogens with one attached hydrogen (secondary N) is 1. The predicted molar refractivity (Wildman–Crippen MR) is 81.9 cm³/mol. The first kappa shape index (κ1) is 15.8. The predicted octanol–water partition coefficient (Wildman–Crippen LogP) is 2.24. The van der Waals surface area contributed by atoms with Gasteiger partial charge in [-0.3, -0.25) is 0 Å². The van der Waals surface area contributed by atoms with Crippen LogP contribution in [0, 0.1) is 6.92 Å². The Balaban J connectivity index is 2.41. The lowest BCUT2D eigenvalue weighted by Gasteiger charge is -2.15. The fourth-order valence-corrected chi connectivity index (χ4v) is 5.38. The van der Waals surface area contributed by atoms with Crippen LogP contribution in [0.25, 0.3) is 0 Å². The van der Waals surface area contributed by atoms with Gasteiger partial charge in [-0.25, -0.2) is 17.9 Å². The Morgan fingerprint density at radius 1 is 1.50 bits per heavy atom. The zero-order valence-corrected chi connectivity index (χ0v) is 13.9. The molecule has 8 heteroatoms. The van der Waals surface area contributed by atoms with Crippen LogP contribution < -0.4 is 4.72 Å². The molecule has 1 heterocycles. The third kappa shape index (κ3) is 3.36. The van der Waals surface area contributed by atoms with Crippen molar-refractivity contribution in [3.8, 4) is 0 Å². The van der Waals surface area contributed by atoms with Gasteiger partial charge in [0.25, 0.3) is 0 Å². The monoisotopic (exact) mass is 379 g/mol. The number of halogens is 1. The fraction of sp³-hybridized carbons (Fsp3) is 0.417. The molecule has 0 radical (unpaired) electrons. The maximum absolute atomic E-state index is 12.4. The Hall–Kier alpha value is -0.570. The van der Waals surface area contributed by atoms with Crippen molar-refractivity contribution in [3.05, 3.63) is 27.7 Å². The molecule has 2 N–H and O–H groups in total. The Morgan fingerprint density at radius 3 is 2.75 bits per heavy atom. The van der Waals surface area contributed by atoms with Gasteiger partial charge in [-0.1, -0.05) is 15.9 Å². The number of rotatable bonds is 4. The van der Waals surface area contributed by atoms with E-state index in [2.05, 4.69) is 20.7 Å². The molecule has 5 nitrogen and oxygen atoms in total. The molecular weight excluding hydrogens is 366 g/mol. The van der Waals surface area contributed by atoms with Crippen LogP contribution in [-0.4, -0.2) is 37.0 Å². The molecule has 1 fully saturated rings. The van der Waals surface area contributed by atoms with E-state index in [1.54, 1.807) is 18.7 Å². The summed E-state index contributed by atoms with van der Waals surface area (Å²) in [5, 5.41) is 9.04. The number of thioether (sulfide) groups is 1. The van der Waals surface area contributed by atoms with Crippen LogP contribution in [0.1, 0.15) is 22.3 Å². The Kier molecular flexibility index (Phi) is 4.78. The van der Waals surface area contributed by atoms with Crippen molar-refractivity contribution in [2.45, 2.75) is 24.3 Å². The van der Waals surface area contributed by atoms with E-state index in [0.717, 1.165) is 17.9 Å². The van der Waals surface area contributed by atoms with Crippen molar-refractivity contribution >= 4 is 43.7 Å². The van der Waals surface area contributed by atoms with Crippen molar-refractivity contribution < 1.29 is 18.3 Å². The topological polar surface area (TPSA) is 83.5 Å². The molecule has 1 aliphatic heterocycles. The van der Waals surface area contributed by atoms with Crippen LogP contribution in [-0.2, 0) is 10.0 Å². The summed E-state index contributed by atoms with van der Waals surface area (Å²) >= 11 is 4.91. The van der Waals surface area contributed by atoms with Crippen LogP contribution in [0.3, 0.4) is 0 Å². The van der Waals surface area contributed by atoms with Gasteiger partial charge in [0, 0.05) is 16.3 Å². The van der Waals surface area contributed by atoms with Crippen molar-refractivity contribution in [2.75, 3.05) is 11.5 Å². The summed E-state index contributed by atoms with van der Waals surface area (Å²) in [7, 11) is -3.71. The number of hydrogen-bond donors (Lipinski definition) is 2. The highest BCUT2D eigenvalue weighted by Crippen LogP contribution is 2.27. The van der Waals surface area contributed by atoms with Gasteiger partial charge >= 0.3 is 5.97 Å². The maximum atomic E-state index is 12.4. The third-order valence-electron chi connectivity index (χ3n) is 3.08. The zero-order valence-electron chi connectivity index (χ0n) is 10.7. The maximum Gasteiger partial charge on any atom is 0.335 e. The number of benzene rings is 1. The molecule has 1 aromatic carbocycles. The normalized spacial score (nSPS) is 19.2. The van der Waals surface area contributed by atoms with Gasteiger partial charge in [0.05, 0.1) is 10.5 Å². The average molecular weight is 380 g/mol. The molecule has 1 unspecified atom stereocenters. The molecule has 1 saturated heterocycles. The number of aromatic carboxylic acids is 1. The standard InChI is InChI=1S/C12H14BrNO4S2/c1-7-10(13)4-8(12(15)16)5-11(7)20(17,18)14-9-2-3-19-6-9/h4-5,9,14H,2-3,6H2,1H3,(H,15,16). The number of carboxylic acids is 1. The third-order valence-corrected chi connectivity index (χ3v) is 6.72. The molecular formula is C12H14BrNO4S2. The van der Waals surface area contributed by atoms with Crippen LogP contribution in [0.15, 0.2) is 21.5 Å². The van der Waals surface area contributed by atoms with Gasteiger partial charge in [-0.05, 0) is 36.8 Å². The molecule has 0 amide bonds. The van der Waals surface area contributed by atoms with Gasteiger partial charge in [-0.2, -0.15) is 11.8 Å². The molecule has 0 saturated carbocycles. The van der Waals surface area contributed by atoms with E-state index in [1.165, 1.54) is 12.1 Å². The number of hydrogen-bond acceptors (Lipinski definition) is 4. The van der Waals surface area contributed by atoms with Gasteiger partial charge < -0.3 is 5.11 Å².